The summed E-state index contributed by atoms with van der Waals surface area (Å²) in [4.78, 5) is 58.6. The number of ether oxygens (including phenoxy) is 1. The van der Waals surface area contributed by atoms with E-state index in [2.05, 4.69) is 26.1 Å². The molecule has 48 heavy (non-hydrogen) atoms. The van der Waals surface area contributed by atoms with Crippen LogP contribution in [0.2, 0.25) is 0 Å². The molecule has 1 aromatic heterocycles. The van der Waals surface area contributed by atoms with Gasteiger partial charge < -0.3 is 15.4 Å². The number of carbonyl (C=O) groups excluding carboxylic acids is 4. The van der Waals surface area contributed by atoms with Crippen LogP contribution in [-0.4, -0.2) is 57.5 Å². The Morgan fingerprint density at radius 2 is 1.65 bits per heavy atom. The summed E-state index contributed by atoms with van der Waals surface area (Å²) in [6, 6.07) is 23.9. The third-order valence-electron chi connectivity index (χ3n) is 9.42. The molecule has 1 unspecified atom stereocenters. The molecule has 244 valence electrons. The Kier molecular flexibility index (Phi) is 8.81. The normalized spacial score (nSPS) is 18.5. The molecule has 4 heterocycles. The zero-order chi connectivity index (χ0) is 33.4. The maximum Gasteiger partial charge on any atom is 0.255 e. The monoisotopic (exact) mass is 707 g/mol. The van der Waals surface area contributed by atoms with Gasteiger partial charge in [-0.15, -0.1) is 0 Å². The highest BCUT2D eigenvalue weighted by Gasteiger charge is 2.40. The second-order valence-electron chi connectivity index (χ2n) is 12.5. The van der Waals surface area contributed by atoms with Crippen LogP contribution in [0.15, 0.2) is 83.3 Å². The number of likely N-dealkylation sites (tertiary alicyclic amines) is 1. The molecule has 0 radical (unpaired) electrons. The number of rotatable bonds is 8. The first-order valence-corrected chi connectivity index (χ1v) is 16.9. The van der Waals surface area contributed by atoms with Crippen LogP contribution in [0.3, 0.4) is 0 Å². The fourth-order valence-electron chi connectivity index (χ4n) is 6.83. The van der Waals surface area contributed by atoms with Crippen LogP contribution in [0.4, 0.5) is 0 Å². The van der Waals surface area contributed by atoms with Crippen molar-refractivity contribution in [1.82, 2.24) is 20.1 Å². The van der Waals surface area contributed by atoms with Crippen LogP contribution in [0.5, 0.6) is 11.5 Å². The molecule has 3 N–H and O–H groups in total. The second kappa shape index (κ2) is 13.3. The molecule has 2 fully saturated rings. The van der Waals surface area contributed by atoms with Gasteiger partial charge in [0.25, 0.3) is 11.8 Å². The largest absolute Gasteiger partial charge is 0.457 e. The van der Waals surface area contributed by atoms with E-state index in [1.54, 1.807) is 11.0 Å². The molecule has 0 bridgehead atoms. The molecule has 4 aromatic rings. The van der Waals surface area contributed by atoms with E-state index in [1.165, 1.54) is 0 Å². The molecule has 4 amide bonds. The Balaban J connectivity index is 1.01. The number of imide groups is 1. The maximum absolute atomic E-state index is 13.2. The van der Waals surface area contributed by atoms with Crippen molar-refractivity contribution in [3.05, 3.63) is 111 Å². The van der Waals surface area contributed by atoms with Gasteiger partial charge in [-0.1, -0.05) is 40.2 Å². The van der Waals surface area contributed by atoms with Gasteiger partial charge in [-0.3, -0.25) is 34.4 Å². The lowest BCUT2D eigenvalue weighted by Crippen LogP contribution is -2.52. The lowest BCUT2D eigenvalue weighted by molar-refractivity contribution is -0.136. The van der Waals surface area contributed by atoms with Gasteiger partial charge in [-0.05, 0) is 98.1 Å². The number of para-hydroxylation sites is 1. The molecule has 3 aliphatic rings. The predicted molar refractivity (Wildman–Crippen MR) is 182 cm³/mol. The van der Waals surface area contributed by atoms with Crippen LogP contribution in [-0.2, 0) is 22.7 Å². The average Bonchev–Trinajstić information content (AvgIpc) is 3.43. The smallest absolute Gasteiger partial charge is 0.255 e. The molecular formula is C37H34BrN5O5. The fraction of sp³-hybridized carbons (Fsp3) is 0.270. The van der Waals surface area contributed by atoms with Gasteiger partial charge >= 0.3 is 0 Å². The lowest BCUT2D eigenvalue weighted by Gasteiger charge is -2.32. The molecule has 1 atom stereocenters. The van der Waals surface area contributed by atoms with E-state index in [1.807, 2.05) is 72.8 Å². The van der Waals surface area contributed by atoms with E-state index in [0.717, 1.165) is 58.5 Å². The zero-order valence-corrected chi connectivity index (χ0v) is 27.7. The highest BCUT2D eigenvalue weighted by Crippen LogP contribution is 2.37. The first kappa shape index (κ1) is 31.7. The van der Waals surface area contributed by atoms with Gasteiger partial charge in [0, 0.05) is 46.7 Å². The first-order valence-electron chi connectivity index (χ1n) is 16.1. The van der Waals surface area contributed by atoms with Crippen molar-refractivity contribution >= 4 is 39.6 Å². The number of nitrogens with two attached hydrogens (primary N) is 1. The number of carbonyl (C=O) groups is 4. The summed E-state index contributed by atoms with van der Waals surface area (Å²) in [5.41, 5.74) is 11.0. The molecular weight excluding hydrogens is 674 g/mol. The number of fused-ring (bicyclic) bond motifs is 1. The zero-order valence-electron chi connectivity index (χ0n) is 26.2. The topological polar surface area (TPSA) is 135 Å². The molecule has 0 spiro atoms. The lowest BCUT2D eigenvalue weighted by atomic mass is 9.91. The van der Waals surface area contributed by atoms with Gasteiger partial charge in [0.05, 0.1) is 11.3 Å². The Bertz CT molecular complexity index is 1910. The average molecular weight is 709 g/mol. The number of primary amides is 1. The number of nitrogens with one attached hydrogen (secondary N) is 1. The number of piperidine rings is 2. The summed E-state index contributed by atoms with van der Waals surface area (Å²) in [7, 11) is 0. The summed E-state index contributed by atoms with van der Waals surface area (Å²) in [6.07, 6.45) is 2.36. The number of benzene rings is 3. The summed E-state index contributed by atoms with van der Waals surface area (Å²) >= 11 is 3.76. The number of pyridine rings is 1. The predicted octanol–water partition coefficient (Wildman–Crippen LogP) is 5.54. The minimum atomic E-state index is -0.642. The molecule has 10 nitrogen and oxygen atoms in total. The van der Waals surface area contributed by atoms with Crippen molar-refractivity contribution in [3.63, 3.8) is 0 Å². The molecule has 7 rings (SSSR count). The van der Waals surface area contributed by atoms with Crippen LogP contribution < -0.4 is 15.8 Å². The van der Waals surface area contributed by atoms with E-state index in [0.29, 0.717) is 42.1 Å². The van der Waals surface area contributed by atoms with Crippen molar-refractivity contribution in [1.29, 1.82) is 0 Å². The van der Waals surface area contributed by atoms with Crippen molar-refractivity contribution in [3.8, 4) is 22.8 Å². The van der Waals surface area contributed by atoms with Crippen LogP contribution in [0.1, 0.15) is 69.1 Å². The minimum absolute atomic E-state index is 0.182. The Labute approximate surface area is 286 Å². The molecule has 0 saturated carbocycles. The minimum Gasteiger partial charge on any atom is -0.457 e. The Morgan fingerprint density at radius 1 is 0.917 bits per heavy atom. The fourth-order valence-corrected chi connectivity index (χ4v) is 7.43. The van der Waals surface area contributed by atoms with E-state index < -0.39 is 17.9 Å². The third kappa shape index (κ3) is 6.35. The number of hydrogen-bond donors (Lipinski definition) is 2. The molecule has 3 aliphatic heterocycles. The van der Waals surface area contributed by atoms with Crippen molar-refractivity contribution in [2.24, 2.45) is 5.73 Å². The standard InChI is InChI=1S/C37H34BrN5O5/c38-33-24(8-11-27-29(33)21-43(37(27)47)31-14-15-32(44)41-36(31)46)20-42-18-16-22(17-19-42)30-13-12-28(35(39)45)34(40-30)23-6-9-26(10-7-23)48-25-4-2-1-3-5-25/h1-13,22,31H,14-21H2,(H2,39,45)(H,41,44,46). The highest BCUT2D eigenvalue weighted by atomic mass is 79.9. The summed E-state index contributed by atoms with van der Waals surface area (Å²) in [5, 5.41) is 2.36. The number of hydrogen-bond acceptors (Lipinski definition) is 7. The summed E-state index contributed by atoms with van der Waals surface area (Å²) in [5.74, 6) is 0.233. The van der Waals surface area contributed by atoms with Gasteiger partial charge in [0.1, 0.15) is 17.5 Å². The van der Waals surface area contributed by atoms with Gasteiger partial charge in [-0.25, -0.2) is 0 Å². The molecule has 11 heteroatoms. The van der Waals surface area contributed by atoms with Gasteiger partial charge in [-0.2, -0.15) is 0 Å². The van der Waals surface area contributed by atoms with E-state index in [-0.39, 0.29) is 24.2 Å². The Morgan fingerprint density at radius 3 is 2.35 bits per heavy atom. The highest BCUT2D eigenvalue weighted by molar-refractivity contribution is 9.10. The van der Waals surface area contributed by atoms with E-state index >= 15 is 0 Å². The van der Waals surface area contributed by atoms with Crippen molar-refractivity contribution < 1.29 is 23.9 Å². The maximum atomic E-state index is 13.2. The second-order valence-corrected chi connectivity index (χ2v) is 13.2. The Hall–Kier alpha value is -4.87. The van der Waals surface area contributed by atoms with Crippen LogP contribution in [0.25, 0.3) is 11.3 Å². The number of aromatic nitrogens is 1. The molecule has 2 saturated heterocycles. The quantitative estimate of drug-likeness (QED) is 0.230. The van der Waals surface area contributed by atoms with Crippen molar-refractivity contribution in [2.45, 2.75) is 50.7 Å². The number of halogens is 1. The third-order valence-corrected chi connectivity index (χ3v) is 10.4. The van der Waals surface area contributed by atoms with Gasteiger partial charge in [0.15, 0.2) is 0 Å². The van der Waals surface area contributed by atoms with Crippen molar-refractivity contribution in [2.75, 3.05) is 13.1 Å². The van der Waals surface area contributed by atoms with Gasteiger partial charge in [0.2, 0.25) is 11.8 Å². The number of amides is 4. The van der Waals surface area contributed by atoms with E-state index in [4.69, 9.17) is 15.5 Å². The summed E-state index contributed by atoms with van der Waals surface area (Å²) in [6.45, 7) is 2.75. The number of nitrogens with zero attached hydrogens (tertiary/aromatic N) is 3. The van der Waals surface area contributed by atoms with Crippen LogP contribution >= 0.6 is 15.9 Å². The molecule has 3 aromatic carbocycles. The van der Waals surface area contributed by atoms with Crippen LogP contribution in [0, 0.1) is 0 Å². The first-order chi connectivity index (χ1) is 23.2. The SMILES string of the molecule is NC(=O)c1ccc(C2CCN(Cc3ccc4c(c3Br)CN(C3CCC(=O)NC3=O)C4=O)CC2)nc1-c1ccc(Oc2ccccc2)cc1. The van der Waals surface area contributed by atoms with E-state index in [9.17, 15) is 19.2 Å². The summed E-state index contributed by atoms with van der Waals surface area (Å²) < 4.78 is 6.82. The molecule has 0 aliphatic carbocycles.